The summed E-state index contributed by atoms with van der Waals surface area (Å²) in [5.41, 5.74) is 0.606. The van der Waals surface area contributed by atoms with Crippen LogP contribution in [0, 0.1) is 5.82 Å². The fourth-order valence-electron chi connectivity index (χ4n) is 3.05. The number of benzene rings is 1. The number of nitrogens with zero attached hydrogens (tertiary/aromatic N) is 2. The van der Waals surface area contributed by atoms with E-state index in [0.29, 0.717) is 25.3 Å². The maximum atomic E-state index is 13.3. The van der Waals surface area contributed by atoms with Gasteiger partial charge in [0.1, 0.15) is 11.4 Å². The van der Waals surface area contributed by atoms with Crippen molar-refractivity contribution in [2.75, 3.05) is 31.5 Å². The Morgan fingerprint density at radius 2 is 1.93 bits per heavy atom. The highest BCUT2D eigenvalue weighted by Crippen LogP contribution is 2.15. The van der Waals surface area contributed by atoms with E-state index in [0.717, 1.165) is 30.9 Å². The molecule has 1 aromatic carbocycles. The molecule has 0 radical (unpaired) electrons. The van der Waals surface area contributed by atoms with Gasteiger partial charge >= 0.3 is 0 Å². The number of hydrogen-bond donors (Lipinski definition) is 2. The molecule has 0 spiro atoms. The normalized spacial score (nSPS) is 14.8. The van der Waals surface area contributed by atoms with E-state index in [-0.39, 0.29) is 11.5 Å². The molecule has 2 N–H and O–H groups in total. The largest absolute Gasteiger partial charge is 0.340 e. The number of pyridine rings is 1. The Labute approximate surface area is 155 Å². The quantitative estimate of drug-likeness (QED) is 0.850. The van der Waals surface area contributed by atoms with Crippen LogP contribution in [0.5, 0.6) is 0 Å². The van der Waals surface area contributed by atoms with Gasteiger partial charge in [0.15, 0.2) is 0 Å². The first-order valence-electron chi connectivity index (χ1n) is 8.69. The molecule has 8 heteroatoms. The number of hydrogen-bond acceptors (Lipinski definition) is 4. The van der Waals surface area contributed by atoms with Crippen LogP contribution in [0.2, 0.25) is 0 Å². The van der Waals surface area contributed by atoms with Crippen LogP contribution in [-0.2, 0) is 11.3 Å². The summed E-state index contributed by atoms with van der Waals surface area (Å²) in [5.74, 6) is -1.26. The van der Waals surface area contributed by atoms with Gasteiger partial charge in [0.2, 0.25) is 5.91 Å². The molecular formula is C19H21FN4O3. The fourth-order valence-corrected chi connectivity index (χ4v) is 3.05. The van der Waals surface area contributed by atoms with Crippen molar-refractivity contribution >= 4 is 17.5 Å². The molecule has 0 aliphatic carbocycles. The van der Waals surface area contributed by atoms with Crippen molar-refractivity contribution in [1.29, 1.82) is 0 Å². The molecule has 0 atom stereocenters. The van der Waals surface area contributed by atoms with Gasteiger partial charge in [-0.1, -0.05) is 12.1 Å². The van der Waals surface area contributed by atoms with Crippen molar-refractivity contribution in [3.63, 3.8) is 0 Å². The average Bonchev–Trinajstić information content (AvgIpc) is 2.64. The zero-order valence-electron chi connectivity index (χ0n) is 15.0. The van der Waals surface area contributed by atoms with Crippen LogP contribution in [0.15, 0.2) is 41.3 Å². The van der Waals surface area contributed by atoms with E-state index in [4.69, 9.17) is 0 Å². The van der Waals surface area contributed by atoms with Gasteiger partial charge in [0.05, 0.1) is 0 Å². The third-order valence-corrected chi connectivity index (χ3v) is 4.52. The van der Waals surface area contributed by atoms with Crippen LogP contribution in [-0.4, -0.2) is 52.8 Å². The Morgan fingerprint density at radius 1 is 1.19 bits per heavy atom. The van der Waals surface area contributed by atoms with E-state index < -0.39 is 17.3 Å². The van der Waals surface area contributed by atoms with Gasteiger partial charge in [-0.05, 0) is 23.8 Å². The van der Waals surface area contributed by atoms with E-state index in [1.165, 1.54) is 0 Å². The standard InChI is InChI=1S/C19H21FN4O3/c1-13(25)24-7-5-23(6-8-24)12-14-3-2-4-16(9-14)22-19(27)17-10-15(20)11-21-18(17)26/h2-4,9-11H,5-8,12H2,1H3,(H,21,26)(H,22,27). The molecule has 1 aromatic heterocycles. The summed E-state index contributed by atoms with van der Waals surface area (Å²) >= 11 is 0. The molecular weight excluding hydrogens is 351 g/mol. The Balaban J connectivity index is 1.64. The van der Waals surface area contributed by atoms with Crippen molar-refractivity contribution in [2.45, 2.75) is 13.5 Å². The van der Waals surface area contributed by atoms with Crippen LogP contribution in [0.1, 0.15) is 22.8 Å². The molecule has 1 saturated heterocycles. The molecule has 2 amide bonds. The Hall–Kier alpha value is -3.00. The second-order valence-electron chi connectivity index (χ2n) is 6.50. The second kappa shape index (κ2) is 8.13. The van der Waals surface area contributed by atoms with E-state index in [1.807, 2.05) is 23.1 Å². The smallest absolute Gasteiger partial charge is 0.261 e. The van der Waals surface area contributed by atoms with Gasteiger partial charge in [-0.25, -0.2) is 4.39 Å². The van der Waals surface area contributed by atoms with Crippen LogP contribution in [0.25, 0.3) is 0 Å². The Morgan fingerprint density at radius 3 is 2.63 bits per heavy atom. The maximum Gasteiger partial charge on any atom is 0.261 e. The summed E-state index contributed by atoms with van der Waals surface area (Å²) in [7, 11) is 0. The summed E-state index contributed by atoms with van der Waals surface area (Å²) in [4.78, 5) is 41.6. The number of aromatic nitrogens is 1. The van der Waals surface area contributed by atoms with Gasteiger partial charge in [-0.3, -0.25) is 19.3 Å². The predicted octanol–water partition coefficient (Wildman–Crippen LogP) is 1.43. The summed E-state index contributed by atoms with van der Waals surface area (Å²) < 4.78 is 13.3. The number of halogens is 1. The highest BCUT2D eigenvalue weighted by atomic mass is 19.1. The first kappa shape index (κ1) is 18.8. The van der Waals surface area contributed by atoms with Gasteiger partial charge < -0.3 is 15.2 Å². The lowest BCUT2D eigenvalue weighted by atomic mass is 10.1. The second-order valence-corrected chi connectivity index (χ2v) is 6.50. The van der Waals surface area contributed by atoms with Crippen molar-refractivity contribution < 1.29 is 14.0 Å². The Bertz CT molecular complexity index is 904. The topological polar surface area (TPSA) is 85.5 Å². The van der Waals surface area contributed by atoms with Crippen molar-refractivity contribution in [1.82, 2.24) is 14.8 Å². The van der Waals surface area contributed by atoms with E-state index in [9.17, 15) is 18.8 Å². The number of rotatable bonds is 4. The average molecular weight is 372 g/mol. The van der Waals surface area contributed by atoms with Crippen LogP contribution >= 0.6 is 0 Å². The monoisotopic (exact) mass is 372 g/mol. The minimum atomic E-state index is -0.682. The van der Waals surface area contributed by atoms with E-state index in [1.54, 1.807) is 13.0 Å². The number of anilines is 1. The molecule has 1 aliphatic heterocycles. The molecule has 7 nitrogen and oxygen atoms in total. The molecule has 142 valence electrons. The lowest BCUT2D eigenvalue weighted by molar-refractivity contribution is -0.130. The Kier molecular flexibility index (Phi) is 5.66. The molecule has 1 fully saturated rings. The summed E-state index contributed by atoms with van der Waals surface area (Å²) in [6.07, 6.45) is 0.908. The van der Waals surface area contributed by atoms with Crippen molar-refractivity contribution in [3.05, 3.63) is 63.8 Å². The molecule has 0 bridgehead atoms. The van der Waals surface area contributed by atoms with Crippen molar-refractivity contribution in [3.8, 4) is 0 Å². The summed E-state index contributed by atoms with van der Waals surface area (Å²) in [6.45, 7) is 5.24. The zero-order valence-corrected chi connectivity index (χ0v) is 15.0. The molecule has 0 saturated carbocycles. The van der Waals surface area contributed by atoms with Crippen molar-refractivity contribution in [2.24, 2.45) is 0 Å². The van der Waals surface area contributed by atoms with Crippen LogP contribution in [0.4, 0.5) is 10.1 Å². The summed E-state index contributed by atoms with van der Waals surface area (Å²) in [5, 5.41) is 2.63. The van der Waals surface area contributed by atoms with Crippen LogP contribution < -0.4 is 10.9 Å². The molecule has 2 aromatic rings. The van der Waals surface area contributed by atoms with Gasteiger partial charge in [-0.2, -0.15) is 0 Å². The van der Waals surface area contributed by atoms with Gasteiger partial charge in [0.25, 0.3) is 11.5 Å². The number of nitrogens with one attached hydrogen (secondary N) is 2. The number of amides is 2. The van der Waals surface area contributed by atoms with Gasteiger partial charge in [0, 0.05) is 51.5 Å². The number of carbonyl (C=O) groups excluding carboxylic acids is 2. The number of aromatic amines is 1. The number of piperazine rings is 1. The molecule has 0 unspecified atom stereocenters. The lowest BCUT2D eigenvalue weighted by Gasteiger charge is -2.34. The molecule has 27 heavy (non-hydrogen) atoms. The molecule has 1 aliphatic rings. The number of H-pyrrole nitrogens is 1. The van der Waals surface area contributed by atoms with E-state index in [2.05, 4.69) is 15.2 Å². The van der Waals surface area contributed by atoms with E-state index >= 15 is 0 Å². The highest BCUT2D eigenvalue weighted by Gasteiger charge is 2.18. The first-order valence-corrected chi connectivity index (χ1v) is 8.69. The summed E-state index contributed by atoms with van der Waals surface area (Å²) in [6, 6.07) is 8.20. The third-order valence-electron chi connectivity index (χ3n) is 4.52. The minimum Gasteiger partial charge on any atom is -0.340 e. The molecule has 3 rings (SSSR count). The first-order chi connectivity index (χ1) is 12.9. The fraction of sp³-hybridized carbons (Fsp3) is 0.316. The predicted molar refractivity (Wildman–Crippen MR) is 98.9 cm³/mol. The van der Waals surface area contributed by atoms with Gasteiger partial charge in [-0.15, -0.1) is 0 Å². The highest BCUT2D eigenvalue weighted by molar-refractivity contribution is 6.04. The van der Waals surface area contributed by atoms with Crippen LogP contribution in [0.3, 0.4) is 0 Å². The SMILES string of the molecule is CC(=O)N1CCN(Cc2cccc(NC(=O)c3cc(F)c[nH]c3=O)c2)CC1. The minimum absolute atomic E-state index is 0.0895. The lowest BCUT2D eigenvalue weighted by Crippen LogP contribution is -2.47. The third kappa shape index (κ3) is 4.79. The zero-order chi connectivity index (χ0) is 19.4. The maximum absolute atomic E-state index is 13.3. The molecule has 2 heterocycles. The number of carbonyl (C=O) groups is 2.